The summed E-state index contributed by atoms with van der Waals surface area (Å²) in [4.78, 5) is 27.5. The van der Waals surface area contributed by atoms with E-state index in [0.29, 0.717) is 16.7 Å². The molecule has 1 rings (SSSR count). The highest BCUT2D eigenvalue weighted by atomic mass is 32.2. The summed E-state index contributed by atoms with van der Waals surface area (Å²) in [5.74, 6) is 0.634. The summed E-state index contributed by atoms with van der Waals surface area (Å²) in [6, 6.07) is 0.00685. The largest absolute Gasteiger partial charge is 0.449 e. The van der Waals surface area contributed by atoms with Crippen LogP contribution in [0.25, 0.3) is 0 Å². The van der Waals surface area contributed by atoms with Crippen LogP contribution in [0.4, 0.5) is 0 Å². The molecule has 0 aromatic carbocycles. The molecule has 26 heavy (non-hydrogen) atoms. The zero-order valence-electron chi connectivity index (χ0n) is 17.2. The molecule has 0 bridgehead atoms. The lowest BCUT2D eigenvalue weighted by Crippen LogP contribution is -2.53. The molecule has 0 aliphatic carbocycles. The summed E-state index contributed by atoms with van der Waals surface area (Å²) in [5.41, 5.74) is -0.702. The highest BCUT2D eigenvalue weighted by Crippen LogP contribution is 2.31. The van der Waals surface area contributed by atoms with Crippen LogP contribution in [0.5, 0.6) is 0 Å². The molecule has 1 fully saturated rings. The van der Waals surface area contributed by atoms with Crippen molar-refractivity contribution in [1.82, 2.24) is 4.90 Å². The van der Waals surface area contributed by atoms with Crippen molar-refractivity contribution in [3.63, 3.8) is 0 Å². The number of thiocarbonyl (C=S) groups is 1. The van der Waals surface area contributed by atoms with Gasteiger partial charge in [-0.05, 0) is 39.0 Å². The topological polar surface area (TPSA) is 55.8 Å². The average molecular weight is 404 g/mol. The standard InChI is InChI=1S/C19H33NO4S2/c1-11(2)9-14(23-8)15(24-17(22)19(5,6)7)16(21)20-13(12(3)4)10-26-18(20)25/h11-15H,9-10H2,1-8H3/t13-,14-,15-/m1/s1. The van der Waals surface area contributed by atoms with Crippen LogP contribution in [0.3, 0.4) is 0 Å². The Hall–Kier alpha value is -0.660. The molecule has 0 spiro atoms. The molecule has 1 saturated heterocycles. The lowest BCUT2D eigenvalue weighted by molar-refractivity contribution is -0.175. The Labute approximate surface area is 167 Å². The maximum Gasteiger partial charge on any atom is 0.312 e. The van der Waals surface area contributed by atoms with E-state index in [4.69, 9.17) is 21.7 Å². The van der Waals surface area contributed by atoms with Crippen molar-refractivity contribution in [3.05, 3.63) is 0 Å². The molecule has 0 aromatic heterocycles. The van der Waals surface area contributed by atoms with Gasteiger partial charge >= 0.3 is 5.97 Å². The van der Waals surface area contributed by atoms with Crippen molar-refractivity contribution in [2.45, 2.75) is 73.1 Å². The Morgan fingerprint density at radius 3 is 2.27 bits per heavy atom. The van der Waals surface area contributed by atoms with Gasteiger partial charge in [0, 0.05) is 12.9 Å². The van der Waals surface area contributed by atoms with Gasteiger partial charge in [0.25, 0.3) is 5.91 Å². The van der Waals surface area contributed by atoms with Crippen molar-refractivity contribution in [1.29, 1.82) is 0 Å². The maximum atomic E-state index is 13.4. The van der Waals surface area contributed by atoms with Gasteiger partial charge in [-0.1, -0.05) is 51.7 Å². The molecule has 1 heterocycles. The molecule has 0 N–H and O–H groups in total. The van der Waals surface area contributed by atoms with E-state index in [2.05, 4.69) is 13.8 Å². The summed E-state index contributed by atoms with van der Waals surface area (Å²) in [6.45, 7) is 13.5. The number of carbonyl (C=O) groups is 2. The minimum Gasteiger partial charge on any atom is -0.449 e. The van der Waals surface area contributed by atoms with Gasteiger partial charge < -0.3 is 9.47 Å². The first-order chi connectivity index (χ1) is 11.9. The number of methoxy groups -OCH3 is 1. The summed E-state index contributed by atoms with van der Waals surface area (Å²) in [5, 5.41) is 0. The number of amides is 1. The summed E-state index contributed by atoms with van der Waals surface area (Å²) in [6.07, 6.45) is -0.883. The minimum absolute atomic E-state index is 0.00685. The quantitative estimate of drug-likeness (QED) is 0.475. The number of nitrogens with zero attached hydrogens (tertiary/aromatic N) is 1. The fourth-order valence-electron chi connectivity index (χ4n) is 2.70. The molecule has 0 radical (unpaired) electrons. The predicted molar refractivity (Wildman–Crippen MR) is 110 cm³/mol. The zero-order chi connectivity index (χ0) is 20.2. The second kappa shape index (κ2) is 9.51. The van der Waals surface area contributed by atoms with E-state index in [1.54, 1.807) is 32.8 Å². The zero-order valence-corrected chi connectivity index (χ0v) is 18.8. The Morgan fingerprint density at radius 1 is 1.27 bits per heavy atom. The number of hydrogen-bond acceptors (Lipinski definition) is 6. The third-order valence-electron chi connectivity index (χ3n) is 4.35. The SMILES string of the molecule is CO[C@H](CC(C)C)[C@@H](OC(=O)C(C)(C)C)C(=O)N1C(=S)SC[C@@H]1C(C)C. The van der Waals surface area contributed by atoms with E-state index in [0.717, 1.165) is 5.75 Å². The summed E-state index contributed by atoms with van der Waals surface area (Å²) < 4.78 is 11.8. The molecule has 1 aliphatic rings. The molecular weight excluding hydrogens is 370 g/mol. The van der Waals surface area contributed by atoms with E-state index >= 15 is 0 Å². The third kappa shape index (κ3) is 5.92. The van der Waals surface area contributed by atoms with E-state index in [1.165, 1.54) is 11.8 Å². The van der Waals surface area contributed by atoms with Gasteiger partial charge in [0.1, 0.15) is 10.4 Å². The molecule has 3 atom stereocenters. The van der Waals surface area contributed by atoms with Crippen LogP contribution in [0.2, 0.25) is 0 Å². The second-order valence-corrected chi connectivity index (χ2v) is 10.2. The first kappa shape index (κ1) is 23.4. The minimum atomic E-state index is -0.993. The highest BCUT2D eigenvalue weighted by molar-refractivity contribution is 8.23. The van der Waals surface area contributed by atoms with Gasteiger partial charge in [-0.3, -0.25) is 14.5 Å². The Kier molecular flexibility index (Phi) is 8.55. The number of carbonyl (C=O) groups excluding carboxylic acids is 2. The lowest BCUT2D eigenvalue weighted by atomic mass is 9.96. The summed E-state index contributed by atoms with van der Waals surface area (Å²) in [7, 11) is 1.55. The monoisotopic (exact) mass is 403 g/mol. The number of esters is 1. The molecule has 0 unspecified atom stereocenters. The molecule has 150 valence electrons. The van der Waals surface area contributed by atoms with Gasteiger partial charge in [-0.15, -0.1) is 0 Å². The summed E-state index contributed by atoms with van der Waals surface area (Å²) >= 11 is 6.92. The van der Waals surface area contributed by atoms with Crippen molar-refractivity contribution in [2.24, 2.45) is 17.3 Å². The number of ether oxygens (including phenoxy) is 2. The van der Waals surface area contributed by atoms with Crippen LogP contribution in [-0.4, -0.2) is 52.2 Å². The van der Waals surface area contributed by atoms with Crippen molar-refractivity contribution in [2.75, 3.05) is 12.9 Å². The van der Waals surface area contributed by atoms with E-state index < -0.39 is 23.6 Å². The van der Waals surface area contributed by atoms with Crippen LogP contribution < -0.4 is 0 Å². The molecule has 0 aromatic rings. The van der Waals surface area contributed by atoms with Crippen LogP contribution >= 0.6 is 24.0 Å². The van der Waals surface area contributed by atoms with Gasteiger partial charge in [-0.2, -0.15) is 0 Å². The normalized spacial score (nSPS) is 20.6. The average Bonchev–Trinajstić information content (AvgIpc) is 2.90. The Balaban J connectivity index is 3.18. The van der Waals surface area contributed by atoms with Gasteiger partial charge in [0.2, 0.25) is 6.10 Å². The van der Waals surface area contributed by atoms with Crippen LogP contribution in [0, 0.1) is 17.3 Å². The number of hydrogen-bond donors (Lipinski definition) is 0. The van der Waals surface area contributed by atoms with Gasteiger partial charge in [0.05, 0.1) is 11.5 Å². The number of thioether (sulfide) groups is 1. The van der Waals surface area contributed by atoms with Crippen molar-refractivity contribution in [3.8, 4) is 0 Å². The molecular formula is C19H33NO4S2. The second-order valence-electron chi connectivity index (χ2n) is 8.58. The first-order valence-corrected chi connectivity index (χ1v) is 10.5. The van der Waals surface area contributed by atoms with Crippen molar-refractivity contribution < 1.29 is 19.1 Å². The molecule has 0 saturated carbocycles. The van der Waals surface area contributed by atoms with Crippen LogP contribution in [0.1, 0.15) is 54.9 Å². The van der Waals surface area contributed by atoms with E-state index in [1.807, 2.05) is 13.8 Å². The van der Waals surface area contributed by atoms with Gasteiger partial charge in [0.15, 0.2) is 0 Å². The first-order valence-electron chi connectivity index (χ1n) is 9.13. The molecule has 1 amide bonds. The van der Waals surface area contributed by atoms with Gasteiger partial charge in [-0.25, -0.2) is 0 Å². The maximum absolute atomic E-state index is 13.4. The fraction of sp³-hybridized carbons (Fsp3) is 0.842. The Morgan fingerprint density at radius 2 is 1.85 bits per heavy atom. The molecule has 7 heteroatoms. The number of rotatable bonds is 7. The Bertz CT molecular complexity index is 528. The van der Waals surface area contributed by atoms with Crippen LogP contribution in [-0.2, 0) is 19.1 Å². The van der Waals surface area contributed by atoms with E-state index in [9.17, 15) is 9.59 Å². The van der Waals surface area contributed by atoms with Crippen molar-refractivity contribution >= 4 is 40.2 Å². The van der Waals surface area contributed by atoms with Crippen LogP contribution in [0.15, 0.2) is 0 Å². The predicted octanol–water partition coefficient (Wildman–Crippen LogP) is 3.89. The van der Waals surface area contributed by atoms with E-state index in [-0.39, 0.29) is 17.9 Å². The third-order valence-corrected chi connectivity index (χ3v) is 5.85. The highest BCUT2D eigenvalue weighted by Gasteiger charge is 2.44. The molecule has 5 nitrogen and oxygen atoms in total. The smallest absolute Gasteiger partial charge is 0.312 e. The fourth-order valence-corrected chi connectivity index (χ4v) is 4.34. The lowest BCUT2D eigenvalue weighted by Gasteiger charge is -2.34. The molecule has 1 aliphatic heterocycles.